The van der Waals surface area contributed by atoms with Crippen LogP contribution in [0.5, 0.6) is 5.75 Å². The summed E-state index contributed by atoms with van der Waals surface area (Å²) in [5.41, 5.74) is 1.28. The molecule has 0 saturated heterocycles. The molecule has 4 rings (SSSR count). The lowest BCUT2D eigenvalue weighted by atomic mass is 9.89. The molecule has 0 spiro atoms. The lowest BCUT2D eigenvalue weighted by molar-refractivity contribution is 0.0954. The number of pyridine rings is 1. The summed E-state index contributed by atoms with van der Waals surface area (Å²) < 4.78 is 6.16. The van der Waals surface area contributed by atoms with Crippen molar-refractivity contribution in [3.8, 4) is 5.75 Å². The number of aliphatic imine (C=N–C) groups is 1. The number of ether oxygens (including phenoxy) is 1. The first-order valence-electron chi connectivity index (χ1n) is 9.71. The first kappa shape index (κ1) is 19.5. The molecule has 29 heavy (non-hydrogen) atoms. The number of aromatic nitrogens is 1. The normalized spacial score (nSPS) is 23.2. The van der Waals surface area contributed by atoms with Gasteiger partial charge in [0.2, 0.25) is 0 Å². The van der Waals surface area contributed by atoms with Crippen LogP contribution >= 0.6 is 11.6 Å². The SMILES string of the molecule is CNC(=O)c1cc(OC2CCC3[C@H](C2)N=C(Nc2cccc(Cl)c2)N3C)ccn1. The number of likely N-dealkylation sites (N-methyl/N-ethyl adjacent to an activating group) is 1. The van der Waals surface area contributed by atoms with Crippen molar-refractivity contribution >= 4 is 29.2 Å². The summed E-state index contributed by atoms with van der Waals surface area (Å²) in [4.78, 5) is 23.0. The predicted molar refractivity (Wildman–Crippen MR) is 114 cm³/mol. The van der Waals surface area contributed by atoms with Gasteiger partial charge >= 0.3 is 0 Å². The first-order chi connectivity index (χ1) is 14.0. The fourth-order valence-corrected chi connectivity index (χ4v) is 4.13. The van der Waals surface area contributed by atoms with E-state index in [4.69, 9.17) is 21.3 Å². The molecule has 1 saturated carbocycles. The van der Waals surface area contributed by atoms with E-state index in [1.165, 1.54) is 0 Å². The fourth-order valence-electron chi connectivity index (χ4n) is 3.94. The Morgan fingerprint density at radius 3 is 2.93 bits per heavy atom. The Hall–Kier alpha value is -2.80. The molecule has 1 aliphatic carbocycles. The maximum absolute atomic E-state index is 11.8. The smallest absolute Gasteiger partial charge is 0.269 e. The van der Waals surface area contributed by atoms with Crippen molar-refractivity contribution < 1.29 is 9.53 Å². The Balaban J connectivity index is 1.42. The van der Waals surface area contributed by atoms with E-state index in [2.05, 4.69) is 27.6 Å². The van der Waals surface area contributed by atoms with Gasteiger partial charge in [0.15, 0.2) is 5.96 Å². The summed E-state index contributed by atoms with van der Waals surface area (Å²) in [5.74, 6) is 1.29. The number of benzene rings is 1. The van der Waals surface area contributed by atoms with Crippen LogP contribution in [-0.4, -0.2) is 54.0 Å². The van der Waals surface area contributed by atoms with Crippen LogP contribution in [0.1, 0.15) is 29.8 Å². The quantitative estimate of drug-likeness (QED) is 0.804. The second kappa shape index (κ2) is 8.29. The fraction of sp³-hybridized carbons (Fsp3) is 0.381. The molecule has 1 aliphatic heterocycles. The number of carbonyl (C=O) groups excluding carboxylic acids is 1. The molecule has 3 atom stereocenters. The van der Waals surface area contributed by atoms with Crippen molar-refractivity contribution in [3.63, 3.8) is 0 Å². The highest BCUT2D eigenvalue weighted by atomic mass is 35.5. The van der Waals surface area contributed by atoms with Gasteiger partial charge in [0.05, 0.1) is 12.1 Å². The van der Waals surface area contributed by atoms with Gasteiger partial charge in [0, 0.05) is 43.5 Å². The first-order valence-corrected chi connectivity index (χ1v) is 10.1. The summed E-state index contributed by atoms with van der Waals surface area (Å²) in [6, 6.07) is 11.6. The van der Waals surface area contributed by atoms with Crippen molar-refractivity contribution in [1.82, 2.24) is 15.2 Å². The molecule has 152 valence electrons. The molecule has 2 aromatic rings. The molecular weight excluding hydrogens is 390 g/mol. The molecule has 2 unspecified atom stereocenters. The Morgan fingerprint density at radius 1 is 1.28 bits per heavy atom. The molecule has 1 aromatic heterocycles. The molecule has 8 heteroatoms. The zero-order valence-corrected chi connectivity index (χ0v) is 17.2. The molecule has 0 radical (unpaired) electrons. The van der Waals surface area contributed by atoms with E-state index < -0.39 is 0 Å². The largest absolute Gasteiger partial charge is 0.490 e. The van der Waals surface area contributed by atoms with Gasteiger partial charge in [0.1, 0.15) is 17.5 Å². The minimum absolute atomic E-state index is 0.0545. The Morgan fingerprint density at radius 2 is 2.14 bits per heavy atom. The van der Waals surface area contributed by atoms with Crippen LogP contribution in [0.25, 0.3) is 0 Å². The molecule has 1 fully saturated rings. The molecule has 0 bridgehead atoms. The number of hydrogen-bond acceptors (Lipinski definition) is 6. The number of nitrogens with zero attached hydrogens (tertiary/aromatic N) is 3. The third-order valence-electron chi connectivity index (χ3n) is 5.43. The highest BCUT2D eigenvalue weighted by Gasteiger charge is 2.39. The lowest BCUT2D eigenvalue weighted by Crippen LogP contribution is -2.44. The molecule has 1 amide bonds. The highest BCUT2D eigenvalue weighted by molar-refractivity contribution is 6.30. The summed E-state index contributed by atoms with van der Waals surface area (Å²) in [7, 11) is 3.66. The Labute approximate surface area is 175 Å². The number of nitrogens with one attached hydrogen (secondary N) is 2. The predicted octanol–water partition coefficient (Wildman–Crippen LogP) is 3.18. The molecule has 2 aliphatic rings. The second-order valence-corrected chi connectivity index (χ2v) is 7.78. The molecular formula is C21H24ClN5O2. The van der Waals surface area contributed by atoms with Crippen LogP contribution in [0.4, 0.5) is 5.69 Å². The lowest BCUT2D eigenvalue weighted by Gasteiger charge is -2.34. The van der Waals surface area contributed by atoms with Gasteiger partial charge in [-0.05, 0) is 37.1 Å². The van der Waals surface area contributed by atoms with Crippen LogP contribution in [0.2, 0.25) is 5.02 Å². The topological polar surface area (TPSA) is 78.8 Å². The van der Waals surface area contributed by atoms with E-state index in [9.17, 15) is 4.79 Å². The zero-order valence-electron chi connectivity index (χ0n) is 16.4. The van der Waals surface area contributed by atoms with Gasteiger partial charge in [-0.3, -0.25) is 9.78 Å². The summed E-state index contributed by atoms with van der Waals surface area (Å²) in [6.45, 7) is 0. The Bertz CT molecular complexity index is 935. The van der Waals surface area contributed by atoms with Crippen molar-refractivity contribution in [3.05, 3.63) is 53.3 Å². The van der Waals surface area contributed by atoms with E-state index in [-0.39, 0.29) is 18.1 Å². The summed E-state index contributed by atoms with van der Waals surface area (Å²) in [6.07, 6.45) is 4.40. The average Bonchev–Trinajstić information content (AvgIpc) is 3.02. The van der Waals surface area contributed by atoms with Crippen LogP contribution in [-0.2, 0) is 0 Å². The number of carbonyl (C=O) groups is 1. The van der Waals surface area contributed by atoms with E-state index in [1.807, 2.05) is 24.3 Å². The number of fused-ring (bicyclic) bond motifs is 1. The standard InChI is InChI=1S/C21H24ClN5O2/c1-23-20(28)18-12-16(8-9-24-18)29-15-6-7-19-17(11-15)26-21(27(19)2)25-14-5-3-4-13(22)10-14/h3-5,8-10,12,15,17,19H,6-7,11H2,1-2H3,(H,23,28)(H,25,26)/t15?,17-,19?/m0/s1. The number of hydrogen-bond donors (Lipinski definition) is 2. The summed E-state index contributed by atoms with van der Waals surface area (Å²) >= 11 is 6.09. The van der Waals surface area contributed by atoms with Crippen LogP contribution in [0.3, 0.4) is 0 Å². The maximum atomic E-state index is 11.8. The van der Waals surface area contributed by atoms with Crippen LogP contribution in [0.15, 0.2) is 47.6 Å². The van der Waals surface area contributed by atoms with Gasteiger partial charge in [-0.25, -0.2) is 4.99 Å². The van der Waals surface area contributed by atoms with Crippen LogP contribution < -0.4 is 15.4 Å². The van der Waals surface area contributed by atoms with E-state index in [0.29, 0.717) is 22.5 Å². The van der Waals surface area contributed by atoms with Crippen molar-refractivity contribution in [2.45, 2.75) is 37.5 Å². The highest BCUT2D eigenvalue weighted by Crippen LogP contribution is 2.32. The minimum atomic E-state index is -0.224. The molecule has 2 N–H and O–H groups in total. The van der Waals surface area contributed by atoms with Gasteiger partial charge in [-0.15, -0.1) is 0 Å². The van der Waals surface area contributed by atoms with Gasteiger partial charge in [-0.2, -0.15) is 0 Å². The van der Waals surface area contributed by atoms with Crippen molar-refractivity contribution in [2.75, 3.05) is 19.4 Å². The van der Waals surface area contributed by atoms with Crippen molar-refractivity contribution in [1.29, 1.82) is 0 Å². The van der Waals surface area contributed by atoms with E-state index in [0.717, 1.165) is 30.9 Å². The number of guanidine groups is 1. The molecule has 2 heterocycles. The molecule has 7 nitrogen and oxygen atoms in total. The zero-order chi connectivity index (χ0) is 20.4. The third-order valence-corrected chi connectivity index (χ3v) is 5.66. The van der Waals surface area contributed by atoms with Gasteiger partial charge < -0.3 is 20.3 Å². The van der Waals surface area contributed by atoms with E-state index in [1.54, 1.807) is 25.4 Å². The number of anilines is 1. The minimum Gasteiger partial charge on any atom is -0.490 e. The second-order valence-electron chi connectivity index (χ2n) is 7.34. The molecule has 1 aromatic carbocycles. The third kappa shape index (κ3) is 4.29. The van der Waals surface area contributed by atoms with Crippen LogP contribution in [0, 0.1) is 0 Å². The Kier molecular flexibility index (Phi) is 5.58. The summed E-state index contributed by atoms with van der Waals surface area (Å²) in [5, 5.41) is 6.65. The number of halogens is 1. The van der Waals surface area contributed by atoms with Gasteiger partial charge in [0.25, 0.3) is 5.91 Å². The average molecular weight is 414 g/mol. The maximum Gasteiger partial charge on any atom is 0.269 e. The van der Waals surface area contributed by atoms with Crippen molar-refractivity contribution in [2.24, 2.45) is 4.99 Å². The monoisotopic (exact) mass is 413 g/mol. The number of rotatable bonds is 4. The number of amides is 1. The van der Waals surface area contributed by atoms with Gasteiger partial charge in [-0.1, -0.05) is 17.7 Å². The van der Waals surface area contributed by atoms with E-state index >= 15 is 0 Å².